The van der Waals surface area contributed by atoms with Gasteiger partial charge in [-0.25, -0.2) is 23.2 Å². The number of imidazole rings is 3. The number of anilines is 3. The van der Waals surface area contributed by atoms with E-state index >= 15 is 0 Å². The number of aryl methyl sites for hydroxylation is 1. The molecule has 6 aromatic heterocycles. The van der Waals surface area contributed by atoms with E-state index in [0.717, 1.165) is 33.5 Å². The van der Waals surface area contributed by atoms with Gasteiger partial charge in [-0.1, -0.05) is 4.98 Å². The number of nitrogens with one attached hydrogen (secondary N) is 3. The Morgan fingerprint density at radius 1 is 0.633 bits per heavy atom. The maximum atomic E-state index is 13.5. The second-order valence-corrected chi connectivity index (χ2v) is 22.4. The minimum Gasteiger partial charge on any atom is -0.756 e. The molecule has 3 aliphatic rings. The highest BCUT2D eigenvalue weighted by Gasteiger charge is 2.51. The number of aliphatic hydroxyl groups is 4. The number of quaternary nitrogens is 3. The zero-order valence-corrected chi connectivity index (χ0v) is 44.8. The molecule has 9 rings (SSSR count). The molecular formula is C32H52N18O25P4. The van der Waals surface area contributed by atoms with Crippen LogP contribution in [0.5, 0.6) is 0 Å². The van der Waals surface area contributed by atoms with E-state index in [9.17, 15) is 72.6 Å². The van der Waals surface area contributed by atoms with Crippen LogP contribution in [0.2, 0.25) is 0 Å². The zero-order valence-electron chi connectivity index (χ0n) is 41.2. The summed E-state index contributed by atoms with van der Waals surface area (Å²) < 4.78 is 106. The molecule has 3 fully saturated rings. The number of H-pyrrole nitrogens is 3. The van der Waals surface area contributed by atoms with Crippen molar-refractivity contribution in [2.45, 2.75) is 73.6 Å². The minimum atomic E-state index is -6.62. The average molecular weight is 1210 g/mol. The van der Waals surface area contributed by atoms with E-state index < -0.39 is 147 Å². The van der Waals surface area contributed by atoms with Crippen LogP contribution in [-0.4, -0.2) is 156 Å². The van der Waals surface area contributed by atoms with Gasteiger partial charge in [-0.2, -0.15) is 9.97 Å². The Hall–Kier alpha value is -5.47. The van der Waals surface area contributed by atoms with Gasteiger partial charge < -0.3 is 113 Å². The van der Waals surface area contributed by atoms with E-state index in [1.165, 1.54) is 17.9 Å². The van der Waals surface area contributed by atoms with E-state index in [2.05, 4.69) is 57.5 Å². The van der Waals surface area contributed by atoms with Crippen LogP contribution in [0.4, 0.5) is 17.8 Å². The third-order valence-corrected chi connectivity index (χ3v) is 16.7. The average Bonchev–Trinajstić information content (AvgIpc) is 4.19. The molecule has 3 aliphatic heterocycles. The van der Waals surface area contributed by atoms with Crippen molar-refractivity contribution in [2.75, 3.05) is 44.1 Å². The largest absolute Gasteiger partial charge is 0.756 e. The fourth-order valence-corrected chi connectivity index (χ4v) is 12.7. The molecule has 0 amide bonds. The monoisotopic (exact) mass is 1210 g/mol. The fourth-order valence-electron chi connectivity index (χ4n) is 8.33. The van der Waals surface area contributed by atoms with Gasteiger partial charge in [0, 0.05) is 7.11 Å². The molecule has 0 aromatic carbocycles. The van der Waals surface area contributed by atoms with Crippen LogP contribution in [-0.2, 0) is 71.0 Å². The van der Waals surface area contributed by atoms with Gasteiger partial charge in [0.2, 0.25) is 23.6 Å². The van der Waals surface area contributed by atoms with E-state index in [1.807, 2.05) is 0 Å². The lowest BCUT2D eigenvalue weighted by Gasteiger charge is -2.35. The van der Waals surface area contributed by atoms with Crippen molar-refractivity contribution in [3.05, 3.63) is 50.0 Å². The normalized spacial score (nSPS) is 29.1. The van der Waals surface area contributed by atoms with Crippen molar-refractivity contribution >= 4 is 82.6 Å². The fraction of sp³-hybridized carbons (Fsp3) is 0.531. The summed E-state index contributed by atoms with van der Waals surface area (Å²) >= 11 is 0. The van der Waals surface area contributed by atoms with Gasteiger partial charge in [0.25, 0.3) is 53.9 Å². The quantitative estimate of drug-likeness (QED) is 0.0265. The number of fused-ring (bicyclic) bond motifs is 3. The van der Waals surface area contributed by atoms with Gasteiger partial charge in [-0.3, -0.25) is 61.3 Å². The number of nitrogen functional groups attached to an aromatic ring is 3. The van der Waals surface area contributed by atoms with Crippen LogP contribution >= 0.6 is 31.3 Å². The molecule has 0 aliphatic carbocycles. The van der Waals surface area contributed by atoms with E-state index in [0.29, 0.717) is 0 Å². The second-order valence-electron chi connectivity index (χ2n) is 16.6. The highest BCUT2D eigenvalue weighted by Crippen LogP contribution is 2.63. The molecule has 47 heteroatoms. The third-order valence-electron chi connectivity index (χ3n) is 11.6. The number of hydrogen-bond acceptors (Lipinski definition) is 33. The summed E-state index contributed by atoms with van der Waals surface area (Å²) in [6.45, 7) is -3.84. The van der Waals surface area contributed by atoms with Gasteiger partial charge in [-0.15, -0.1) is 0 Å². The summed E-state index contributed by atoms with van der Waals surface area (Å²) in [6, 6.07) is 0. The molecule has 440 valence electrons. The molecule has 16 atom stereocenters. The standard InChI is InChI=1S/C32H43N15O25P4.3H3N/c1-44-8-47(23-14(44)26(54)43-32(35)40-23)28-18(51)16(49)10(68-28)4-65-74(57,58)71-76(61,62)72-75(59,60)66-5-11-19(20(63-2)29(69-11)46-7-37-13-22(46)39-31(34)42-25(13)53)70-73(55,56)64-3-9-15(48)17(50)27(67-9)45-6-36-12-21(45)38-30(33)41-24(12)52;;;/h6-11,15-20,27-29,48-51H,3-5H2,1-2H3,(H12-,33,34,35,38,39,40,41,42,43,52,53,54,55,56,57,58,59,60,61,62);3*1H3. The Balaban J connectivity index is 0.00000336. The summed E-state index contributed by atoms with van der Waals surface area (Å²) in [5, 5.41) is 43.0. The number of nitrogens with zero attached hydrogens (tertiary/aromatic N) is 9. The maximum absolute atomic E-state index is 13.5. The smallest absolute Gasteiger partial charge is 0.313 e. The number of aromatic nitrogens is 12. The maximum Gasteiger partial charge on any atom is 0.313 e. The number of phosphoric ester groups is 3. The van der Waals surface area contributed by atoms with Gasteiger partial charge in [0.05, 0.1) is 39.5 Å². The number of ether oxygens (including phenoxy) is 4. The molecule has 0 saturated carbocycles. The first-order valence-corrected chi connectivity index (χ1v) is 27.1. The number of methoxy groups -OCH3 is 1. The molecule has 25 N–H and O–H groups in total. The van der Waals surface area contributed by atoms with Gasteiger partial charge >= 0.3 is 5.65 Å². The number of hydrogen-bond donors (Lipinski definition) is 13. The number of rotatable bonds is 19. The summed E-state index contributed by atoms with van der Waals surface area (Å²) in [5.74, 6) is -1.12. The van der Waals surface area contributed by atoms with Crippen LogP contribution in [0.1, 0.15) is 18.7 Å². The van der Waals surface area contributed by atoms with Crippen molar-refractivity contribution < 1.29 is 108 Å². The molecule has 3 saturated heterocycles. The van der Waals surface area contributed by atoms with Gasteiger partial charge in [-0.05, 0) is 0 Å². The Bertz CT molecular complexity index is 3600. The SMILES string of the molecule is COC1C(OP(=O)([O-])OCC2OC(n3cnc4c(=O)[nH]c(N)nc43)C(O)C2O)C(COP(=O)([O-])OP(=O)([O-])OP(=O)([O-])OCC2OC([n+]3cn(C)c4c(=O)[nH]c(N)nc43)C(O)C2O)OC1n1cnc2c(=O)[nH]c(N)nc21.[NH4+].[NH4+].[NH4+]. The Labute approximate surface area is 437 Å². The number of aliphatic hydroxyl groups excluding tert-OH is 4. The zero-order chi connectivity index (χ0) is 55.1. The van der Waals surface area contributed by atoms with Crippen molar-refractivity contribution in [3.8, 4) is 0 Å². The van der Waals surface area contributed by atoms with Crippen LogP contribution in [0.25, 0.3) is 33.5 Å². The Morgan fingerprint density at radius 2 is 1.09 bits per heavy atom. The highest BCUT2D eigenvalue weighted by molar-refractivity contribution is 7.65. The summed E-state index contributed by atoms with van der Waals surface area (Å²) in [6.07, 6.45) is -18.4. The summed E-state index contributed by atoms with van der Waals surface area (Å²) in [7, 11) is -22.6. The molecular weight excluding hydrogens is 1160 g/mol. The third kappa shape index (κ3) is 12.6. The van der Waals surface area contributed by atoms with Gasteiger partial charge in [0.15, 0.2) is 41.1 Å². The Kier molecular flexibility index (Phi) is 18.4. The first kappa shape index (κ1) is 62.7. The molecule has 9 heterocycles. The molecule has 16 unspecified atom stereocenters. The number of phosphoric acid groups is 4. The lowest BCUT2D eigenvalue weighted by atomic mass is 10.1. The number of nitrogens with two attached hydrogens (primary N) is 3. The lowest BCUT2D eigenvalue weighted by molar-refractivity contribution is -0.745. The van der Waals surface area contributed by atoms with Crippen LogP contribution in [0, 0.1) is 0 Å². The van der Waals surface area contributed by atoms with Crippen LogP contribution in [0.3, 0.4) is 0 Å². The molecule has 6 aromatic rings. The molecule has 0 spiro atoms. The highest BCUT2D eigenvalue weighted by atomic mass is 31.3. The van der Waals surface area contributed by atoms with Crippen molar-refractivity contribution in [1.82, 2.24) is 72.0 Å². The number of aromatic amines is 3. The van der Waals surface area contributed by atoms with Gasteiger partial charge in [0.1, 0.15) is 54.9 Å². The van der Waals surface area contributed by atoms with E-state index in [1.54, 1.807) is 0 Å². The predicted molar refractivity (Wildman–Crippen MR) is 251 cm³/mol. The molecule has 0 radical (unpaired) electrons. The van der Waals surface area contributed by atoms with Crippen LogP contribution < -0.4 is 76.5 Å². The first-order valence-electron chi connectivity index (χ1n) is 21.3. The topological polar surface area (TPSA) is 703 Å². The van der Waals surface area contributed by atoms with Crippen molar-refractivity contribution in [1.29, 1.82) is 0 Å². The van der Waals surface area contributed by atoms with Crippen molar-refractivity contribution in [2.24, 2.45) is 7.05 Å². The summed E-state index contributed by atoms with van der Waals surface area (Å²) in [5.41, 5.74) is 13.4. The molecule has 79 heavy (non-hydrogen) atoms. The molecule has 43 nitrogen and oxygen atoms in total. The van der Waals surface area contributed by atoms with Crippen molar-refractivity contribution in [3.63, 3.8) is 0 Å². The van der Waals surface area contributed by atoms with E-state index in [-0.39, 0.29) is 63.8 Å². The Morgan fingerprint density at radius 3 is 1.63 bits per heavy atom. The first-order chi connectivity index (χ1) is 35.6. The molecule has 0 bridgehead atoms. The lowest BCUT2D eigenvalue weighted by Crippen LogP contribution is -2.46. The second kappa shape index (κ2) is 23.2. The summed E-state index contributed by atoms with van der Waals surface area (Å²) in [4.78, 5) is 116. The predicted octanol–water partition coefficient (Wildman–Crippen LogP) is -6.82. The van der Waals surface area contributed by atoms with E-state index in [4.69, 9.17) is 45.2 Å². The van der Waals surface area contributed by atoms with Crippen LogP contribution in [0.15, 0.2) is 33.4 Å². The minimum absolute atomic E-state index is 0.